The fourth-order valence-corrected chi connectivity index (χ4v) is 0.457. The topological polar surface area (TPSA) is 0 Å². The first-order valence-corrected chi connectivity index (χ1v) is 2.41. The van der Waals surface area contributed by atoms with Gasteiger partial charge in [-0.05, 0) is 12.1 Å². The monoisotopic (exact) mass is 128 g/mol. The van der Waals surface area contributed by atoms with Crippen molar-refractivity contribution in [3.63, 3.8) is 0 Å². The van der Waals surface area contributed by atoms with Crippen LogP contribution in [0.4, 0.5) is 4.39 Å². The van der Waals surface area contributed by atoms with Crippen molar-refractivity contribution < 1.29 is 4.39 Å². The molecular weight excluding hydrogens is 127 g/mol. The van der Waals surface area contributed by atoms with Crippen molar-refractivity contribution in [2.24, 2.45) is 0 Å². The average molecular weight is 129 g/mol. The highest BCUT2D eigenvalue weighted by molar-refractivity contribution is 6.30. The van der Waals surface area contributed by atoms with E-state index in [0.717, 1.165) is 0 Å². The van der Waals surface area contributed by atoms with Crippen molar-refractivity contribution in [3.05, 3.63) is 35.1 Å². The molecule has 0 aliphatic rings. The van der Waals surface area contributed by atoms with E-state index in [0.29, 0.717) is 5.02 Å². The van der Waals surface area contributed by atoms with Crippen LogP contribution in [0, 0.1) is 17.9 Å². The molecule has 0 aliphatic heterocycles. The summed E-state index contributed by atoms with van der Waals surface area (Å²) >= 11 is 5.33. The van der Waals surface area contributed by atoms with Crippen LogP contribution in [0.25, 0.3) is 0 Å². The zero-order chi connectivity index (χ0) is 5.98. The fraction of sp³-hybridized carbons (Fsp3) is 0. The minimum Gasteiger partial charge on any atom is -0.207 e. The Labute approximate surface area is 51.9 Å². The molecule has 0 unspecified atom stereocenters. The van der Waals surface area contributed by atoms with E-state index in [1.54, 1.807) is 0 Å². The lowest BCUT2D eigenvalue weighted by molar-refractivity contribution is 0.627. The molecule has 0 aliphatic carbocycles. The highest BCUT2D eigenvalue weighted by Gasteiger charge is 1.86. The summed E-state index contributed by atoms with van der Waals surface area (Å²) in [5, 5.41) is 0.311. The summed E-state index contributed by atoms with van der Waals surface area (Å²) in [4.78, 5) is 0. The van der Waals surface area contributed by atoms with E-state index in [1.807, 2.05) is 0 Å². The molecule has 0 N–H and O–H groups in total. The molecule has 1 aromatic carbocycles. The molecule has 1 rings (SSSR count). The third-order valence-electron chi connectivity index (χ3n) is 0.674. The number of halogens is 2. The van der Waals surface area contributed by atoms with Gasteiger partial charge in [-0.1, -0.05) is 11.6 Å². The van der Waals surface area contributed by atoms with E-state index in [4.69, 9.17) is 11.6 Å². The van der Waals surface area contributed by atoms with Crippen molar-refractivity contribution in [1.29, 1.82) is 0 Å². The van der Waals surface area contributed by atoms with Crippen molar-refractivity contribution in [2.75, 3.05) is 0 Å². The van der Waals surface area contributed by atoms with E-state index >= 15 is 0 Å². The van der Waals surface area contributed by atoms with E-state index in [1.165, 1.54) is 12.1 Å². The van der Waals surface area contributed by atoms with Crippen LogP contribution in [0.3, 0.4) is 0 Å². The summed E-state index contributed by atoms with van der Waals surface area (Å²) in [5.41, 5.74) is 0. The second-order valence-corrected chi connectivity index (χ2v) is 1.65. The van der Waals surface area contributed by atoms with Gasteiger partial charge < -0.3 is 0 Å². The molecule has 0 aromatic heterocycles. The maximum atomic E-state index is 12.0. The minimum atomic E-state index is -0.366. The van der Waals surface area contributed by atoms with Crippen LogP contribution in [0.2, 0.25) is 5.02 Å². The summed E-state index contributed by atoms with van der Waals surface area (Å²) in [6.45, 7) is 0. The Morgan fingerprint density at radius 2 is 1.88 bits per heavy atom. The number of hydrogen-bond acceptors (Lipinski definition) is 0. The predicted octanol–water partition coefficient (Wildman–Crippen LogP) is 2.08. The largest absolute Gasteiger partial charge is 0.207 e. The molecule has 0 amide bonds. The molecule has 0 saturated carbocycles. The summed E-state index contributed by atoms with van der Waals surface area (Å²) < 4.78 is 12.0. The van der Waals surface area contributed by atoms with Gasteiger partial charge in [0.25, 0.3) is 0 Å². The molecule has 0 atom stereocenters. The predicted molar refractivity (Wildman–Crippen MR) is 29.1 cm³/mol. The molecule has 8 heavy (non-hydrogen) atoms. The number of hydrogen-bond donors (Lipinski definition) is 0. The quantitative estimate of drug-likeness (QED) is 0.502. The van der Waals surface area contributed by atoms with E-state index in [2.05, 4.69) is 12.1 Å². The van der Waals surface area contributed by atoms with Gasteiger partial charge in [0, 0.05) is 12.1 Å². The normalized spacial score (nSPS) is 9.25. The van der Waals surface area contributed by atoms with Crippen LogP contribution in [0.1, 0.15) is 0 Å². The number of benzene rings is 1. The van der Waals surface area contributed by atoms with Gasteiger partial charge in [0.1, 0.15) is 5.82 Å². The Bertz CT molecular complexity index is 147. The van der Waals surface area contributed by atoms with Gasteiger partial charge in [0.05, 0.1) is 5.02 Å². The summed E-state index contributed by atoms with van der Waals surface area (Å²) in [6, 6.07) is 7.20. The van der Waals surface area contributed by atoms with Crippen LogP contribution >= 0.6 is 11.6 Å². The lowest BCUT2D eigenvalue weighted by atomic mass is 10.4. The van der Waals surface area contributed by atoms with Crippen LogP contribution in [0.5, 0.6) is 0 Å². The Balaban J connectivity index is 3.03. The van der Waals surface area contributed by atoms with Crippen molar-refractivity contribution >= 4 is 11.6 Å². The molecule has 0 saturated heterocycles. The molecule has 2 heteroatoms. The number of rotatable bonds is 0. The molecular formula is C6H2ClF. The Hall–Kier alpha value is -0.560. The smallest absolute Gasteiger partial charge is 0.124 e. The van der Waals surface area contributed by atoms with E-state index < -0.39 is 0 Å². The van der Waals surface area contributed by atoms with Crippen LogP contribution in [-0.4, -0.2) is 0 Å². The Morgan fingerprint density at radius 1 is 1.38 bits per heavy atom. The highest BCUT2D eigenvalue weighted by atomic mass is 35.5. The standard InChI is InChI=1S/C6H2ClF/c7-5-1-3-6(8)4-2-5/h3-4H. The first kappa shape index (κ1) is 5.57. The van der Waals surface area contributed by atoms with E-state index in [9.17, 15) is 4.39 Å². The third-order valence-corrected chi connectivity index (χ3v) is 0.892. The van der Waals surface area contributed by atoms with Gasteiger partial charge in [-0.3, -0.25) is 0 Å². The van der Waals surface area contributed by atoms with Crippen molar-refractivity contribution in [3.8, 4) is 0 Å². The van der Waals surface area contributed by atoms with Crippen molar-refractivity contribution in [2.45, 2.75) is 0 Å². The van der Waals surface area contributed by atoms with E-state index in [-0.39, 0.29) is 5.82 Å². The Morgan fingerprint density at radius 3 is 2.25 bits per heavy atom. The molecule has 40 valence electrons. The summed E-state index contributed by atoms with van der Waals surface area (Å²) in [6.07, 6.45) is 0. The average Bonchev–Trinajstić information content (AvgIpc) is 1.77. The van der Waals surface area contributed by atoms with Gasteiger partial charge in [-0.2, -0.15) is 0 Å². The second kappa shape index (κ2) is 2.14. The van der Waals surface area contributed by atoms with Crippen molar-refractivity contribution in [1.82, 2.24) is 0 Å². The Kier molecular flexibility index (Phi) is 1.49. The van der Waals surface area contributed by atoms with Gasteiger partial charge >= 0.3 is 0 Å². The maximum absolute atomic E-state index is 12.0. The van der Waals surface area contributed by atoms with Gasteiger partial charge in [-0.15, -0.1) is 0 Å². The van der Waals surface area contributed by atoms with Gasteiger partial charge in [0.15, 0.2) is 0 Å². The second-order valence-electron chi connectivity index (χ2n) is 1.28. The molecule has 0 heterocycles. The highest BCUT2D eigenvalue weighted by Crippen LogP contribution is 2.05. The SMILES string of the molecule is Fc1c[c]c(Cl)[c]c1. The molecule has 2 radical (unpaired) electrons. The first-order chi connectivity index (χ1) is 3.79. The molecule has 0 bridgehead atoms. The lowest BCUT2D eigenvalue weighted by Crippen LogP contribution is -1.69. The molecule has 0 spiro atoms. The first-order valence-electron chi connectivity index (χ1n) is 2.03. The third kappa shape index (κ3) is 1.20. The summed E-state index contributed by atoms with van der Waals surface area (Å²) in [5.74, 6) is -0.366. The summed E-state index contributed by atoms with van der Waals surface area (Å²) in [7, 11) is 0. The lowest BCUT2D eigenvalue weighted by Gasteiger charge is -1.83. The fourth-order valence-electron chi connectivity index (χ4n) is 0.348. The molecule has 0 fully saturated rings. The zero-order valence-electron chi connectivity index (χ0n) is 3.91. The van der Waals surface area contributed by atoms with Crippen LogP contribution < -0.4 is 0 Å². The molecule has 1 aromatic rings. The van der Waals surface area contributed by atoms with Crippen LogP contribution in [0.15, 0.2) is 12.1 Å². The zero-order valence-corrected chi connectivity index (χ0v) is 4.67. The molecule has 0 nitrogen and oxygen atoms in total. The van der Waals surface area contributed by atoms with Gasteiger partial charge in [-0.25, -0.2) is 4.39 Å². The maximum Gasteiger partial charge on any atom is 0.124 e. The van der Waals surface area contributed by atoms with Gasteiger partial charge in [0.2, 0.25) is 0 Å². The van der Waals surface area contributed by atoms with Crippen LogP contribution in [-0.2, 0) is 0 Å². The minimum absolute atomic E-state index is 0.311.